The standard InChI is InChI=1S/C29H34N2O2/c1-2-18-30-28(33)29(16-19-31(20-17-29)27(32)25-13-7-4-8-14-25)22-23-10-9-15-26(21-23)24-11-5-3-6-12-24/h2-7,9-12,15,21,25H,1,8,13-14,16-20,22H2,(H,30,33). The Morgan fingerprint density at radius 3 is 2.48 bits per heavy atom. The van der Waals surface area contributed by atoms with Crippen molar-refractivity contribution in [3.05, 3.63) is 85.0 Å². The third-order valence-electron chi connectivity index (χ3n) is 7.12. The molecule has 0 bridgehead atoms. The summed E-state index contributed by atoms with van der Waals surface area (Å²) in [6.07, 6.45) is 10.8. The number of likely N-dealkylation sites (tertiary alicyclic amines) is 1. The van der Waals surface area contributed by atoms with Crippen LogP contribution in [0.5, 0.6) is 0 Å². The molecule has 1 saturated heterocycles. The summed E-state index contributed by atoms with van der Waals surface area (Å²) >= 11 is 0. The lowest BCUT2D eigenvalue weighted by molar-refractivity contribution is -0.143. The first kappa shape index (κ1) is 23.0. The number of carbonyl (C=O) groups excluding carboxylic acids is 2. The Hall–Kier alpha value is -3.14. The lowest BCUT2D eigenvalue weighted by atomic mass is 9.72. The zero-order valence-electron chi connectivity index (χ0n) is 19.3. The van der Waals surface area contributed by atoms with Crippen molar-refractivity contribution >= 4 is 11.8 Å². The molecule has 0 aromatic heterocycles. The summed E-state index contributed by atoms with van der Waals surface area (Å²) in [7, 11) is 0. The fourth-order valence-electron chi connectivity index (χ4n) is 5.15. The van der Waals surface area contributed by atoms with Gasteiger partial charge in [-0.3, -0.25) is 9.59 Å². The molecule has 4 rings (SSSR count). The highest BCUT2D eigenvalue weighted by molar-refractivity contribution is 5.84. The van der Waals surface area contributed by atoms with Gasteiger partial charge in [0.2, 0.25) is 11.8 Å². The molecule has 0 radical (unpaired) electrons. The first-order valence-corrected chi connectivity index (χ1v) is 12.1. The molecule has 33 heavy (non-hydrogen) atoms. The van der Waals surface area contributed by atoms with Crippen LogP contribution in [0.4, 0.5) is 0 Å². The summed E-state index contributed by atoms with van der Waals surface area (Å²) < 4.78 is 0. The van der Waals surface area contributed by atoms with Crippen LogP contribution < -0.4 is 5.32 Å². The van der Waals surface area contributed by atoms with Crippen molar-refractivity contribution in [2.45, 2.75) is 38.5 Å². The van der Waals surface area contributed by atoms with Crippen LogP contribution in [0.15, 0.2) is 79.4 Å². The summed E-state index contributed by atoms with van der Waals surface area (Å²) in [5.74, 6) is 0.422. The van der Waals surface area contributed by atoms with Gasteiger partial charge in [0.1, 0.15) is 0 Å². The van der Waals surface area contributed by atoms with E-state index in [-0.39, 0.29) is 17.7 Å². The highest BCUT2D eigenvalue weighted by Crippen LogP contribution is 2.37. The van der Waals surface area contributed by atoms with E-state index < -0.39 is 5.41 Å². The van der Waals surface area contributed by atoms with Gasteiger partial charge in [-0.05, 0) is 55.2 Å². The molecule has 0 saturated carbocycles. The van der Waals surface area contributed by atoms with Crippen LogP contribution in [0.25, 0.3) is 11.1 Å². The Labute approximate surface area is 197 Å². The molecular weight excluding hydrogens is 408 g/mol. The average Bonchev–Trinajstić information content (AvgIpc) is 2.88. The van der Waals surface area contributed by atoms with E-state index in [1.807, 2.05) is 23.1 Å². The number of hydrogen-bond acceptors (Lipinski definition) is 2. The Morgan fingerprint density at radius 2 is 1.79 bits per heavy atom. The van der Waals surface area contributed by atoms with Crippen LogP contribution in [0, 0.1) is 11.3 Å². The van der Waals surface area contributed by atoms with Crippen LogP contribution in [0.2, 0.25) is 0 Å². The third kappa shape index (κ3) is 5.44. The monoisotopic (exact) mass is 442 g/mol. The van der Waals surface area contributed by atoms with Crippen LogP contribution in [0.1, 0.15) is 37.7 Å². The fraction of sp³-hybridized carbons (Fsp3) is 0.379. The van der Waals surface area contributed by atoms with E-state index in [1.165, 1.54) is 5.56 Å². The van der Waals surface area contributed by atoms with Gasteiger partial charge in [-0.25, -0.2) is 0 Å². The number of benzene rings is 2. The van der Waals surface area contributed by atoms with Crippen molar-refractivity contribution in [3.8, 4) is 11.1 Å². The lowest BCUT2D eigenvalue weighted by Gasteiger charge is -2.42. The summed E-state index contributed by atoms with van der Waals surface area (Å²) in [6, 6.07) is 18.8. The second-order valence-corrected chi connectivity index (χ2v) is 9.33. The highest BCUT2D eigenvalue weighted by atomic mass is 16.2. The summed E-state index contributed by atoms with van der Waals surface area (Å²) in [5.41, 5.74) is 2.98. The molecule has 172 valence electrons. The Morgan fingerprint density at radius 1 is 1.03 bits per heavy atom. The predicted octanol–water partition coefficient (Wildman–Crippen LogP) is 5.16. The topological polar surface area (TPSA) is 49.4 Å². The maximum Gasteiger partial charge on any atom is 0.226 e. The average molecular weight is 443 g/mol. The fourth-order valence-corrected chi connectivity index (χ4v) is 5.15. The smallest absolute Gasteiger partial charge is 0.226 e. The zero-order chi connectivity index (χ0) is 23.1. The van der Waals surface area contributed by atoms with Gasteiger partial charge in [0.15, 0.2) is 0 Å². The normalized spacial score (nSPS) is 19.6. The SMILES string of the molecule is C=CCNC(=O)C1(Cc2cccc(-c3ccccc3)c2)CCN(C(=O)C2CC=CCC2)CC1. The Kier molecular flexibility index (Phi) is 7.43. The summed E-state index contributed by atoms with van der Waals surface area (Å²) in [5, 5.41) is 3.05. The zero-order valence-corrected chi connectivity index (χ0v) is 19.3. The predicted molar refractivity (Wildman–Crippen MR) is 134 cm³/mol. The van der Waals surface area contributed by atoms with Crippen molar-refractivity contribution in [3.63, 3.8) is 0 Å². The molecule has 1 fully saturated rings. The number of carbonyl (C=O) groups is 2. The lowest BCUT2D eigenvalue weighted by Crippen LogP contribution is -2.52. The molecular formula is C29H34N2O2. The van der Waals surface area contributed by atoms with Gasteiger partial charge in [-0.1, -0.05) is 72.8 Å². The molecule has 1 heterocycles. The molecule has 4 heteroatoms. The number of nitrogens with one attached hydrogen (secondary N) is 1. The van der Waals surface area contributed by atoms with Gasteiger partial charge in [-0.2, -0.15) is 0 Å². The minimum absolute atomic E-state index is 0.0696. The molecule has 2 aliphatic rings. The summed E-state index contributed by atoms with van der Waals surface area (Å²) in [6.45, 7) is 5.48. The molecule has 2 aromatic carbocycles. The number of allylic oxidation sites excluding steroid dienone is 2. The second-order valence-electron chi connectivity index (χ2n) is 9.33. The number of amides is 2. The second kappa shape index (κ2) is 10.7. The van der Waals surface area contributed by atoms with Crippen LogP contribution in [-0.4, -0.2) is 36.3 Å². The van der Waals surface area contributed by atoms with E-state index in [2.05, 4.69) is 60.4 Å². The van der Waals surface area contributed by atoms with Gasteiger partial charge < -0.3 is 10.2 Å². The van der Waals surface area contributed by atoms with Gasteiger partial charge >= 0.3 is 0 Å². The van der Waals surface area contributed by atoms with E-state index in [0.29, 0.717) is 38.9 Å². The minimum atomic E-state index is -0.512. The number of hydrogen-bond donors (Lipinski definition) is 1. The van der Waals surface area contributed by atoms with Crippen molar-refractivity contribution < 1.29 is 9.59 Å². The van der Waals surface area contributed by atoms with E-state index in [4.69, 9.17) is 0 Å². The summed E-state index contributed by atoms with van der Waals surface area (Å²) in [4.78, 5) is 28.4. The first-order valence-electron chi connectivity index (χ1n) is 12.1. The largest absolute Gasteiger partial charge is 0.352 e. The van der Waals surface area contributed by atoms with Crippen molar-refractivity contribution in [1.29, 1.82) is 0 Å². The maximum absolute atomic E-state index is 13.3. The quantitative estimate of drug-likeness (QED) is 0.602. The third-order valence-corrected chi connectivity index (χ3v) is 7.12. The van der Waals surface area contributed by atoms with E-state index >= 15 is 0 Å². The van der Waals surface area contributed by atoms with Crippen LogP contribution >= 0.6 is 0 Å². The Balaban J connectivity index is 1.51. The molecule has 1 atom stereocenters. The Bertz CT molecular complexity index is 1000. The molecule has 1 aliphatic carbocycles. The molecule has 2 aromatic rings. The molecule has 2 amide bonds. The van der Waals surface area contributed by atoms with Crippen molar-refractivity contribution in [1.82, 2.24) is 10.2 Å². The minimum Gasteiger partial charge on any atom is -0.352 e. The first-order chi connectivity index (χ1) is 16.1. The molecule has 1 aliphatic heterocycles. The van der Waals surface area contributed by atoms with Gasteiger partial charge in [0.05, 0.1) is 5.41 Å². The van der Waals surface area contributed by atoms with Crippen molar-refractivity contribution in [2.75, 3.05) is 19.6 Å². The van der Waals surface area contributed by atoms with E-state index in [9.17, 15) is 9.59 Å². The van der Waals surface area contributed by atoms with Crippen LogP contribution in [0.3, 0.4) is 0 Å². The molecule has 4 nitrogen and oxygen atoms in total. The molecule has 0 spiro atoms. The van der Waals surface area contributed by atoms with Gasteiger partial charge in [0.25, 0.3) is 0 Å². The highest BCUT2D eigenvalue weighted by Gasteiger charge is 2.42. The van der Waals surface area contributed by atoms with Gasteiger partial charge in [0, 0.05) is 25.6 Å². The molecule has 1 unspecified atom stereocenters. The number of rotatable bonds is 7. The van der Waals surface area contributed by atoms with Gasteiger partial charge in [-0.15, -0.1) is 6.58 Å². The number of nitrogens with zero attached hydrogens (tertiary/aromatic N) is 1. The van der Waals surface area contributed by atoms with E-state index in [1.54, 1.807) is 6.08 Å². The molecule has 1 N–H and O–H groups in total. The van der Waals surface area contributed by atoms with Crippen LogP contribution in [-0.2, 0) is 16.0 Å². The number of piperidine rings is 1. The van der Waals surface area contributed by atoms with E-state index in [0.717, 1.165) is 30.4 Å². The maximum atomic E-state index is 13.3. The van der Waals surface area contributed by atoms with Crippen molar-refractivity contribution in [2.24, 2.45) is 11.3 Å².